The molecule has 3 aromatic rings. The van der Waals surface area contributed by atoms with Crippen LogP contribution in [0.1, 0.15) is 64.1 Å². The summed E-state index contributed by atoms with van der Waals surface area (Å²) in [6, 6.07) is 13.8. The Balaban J connectivity index is 1.27. The third-order valence-corrected chi connectivity index (χ3v) is 9.05. The summed E-state index contributed by atoms with van der Waals surface area (Å²) in [5.41, 5.74) is 5.55. The van der Waals surface area contributed by atoms with Crippen molar-refractivity contribution in [1.29, 1.82) is 5.41 Å². The molecule has 2 aromatic carbocycles. The molecule has 0 bridgehead atoms. The molecule has 0 saturated heterocycles. The van der Waals surface area contributed by atoms with Gasteiger partial charge in [-0.15, -0.1) is 10.2 Å². The molecule has 51 heavy (non-hydrogen) atoms. The summed E-state index contributed by atoms with van der Waals surface area (Å²) < 4.78 is 10.5. The maximum Gasteiger partial charge on any atom is 0.412 e. The number of quaternary nitrogens is 1. The Bertz CT molecular complexity index is 1640. The average molecular weight is 760 g/mol. The number of carbonyl (C=O) groups excluding carboxylic acids is 4. The lowest BCUT2D eigenvalue weighted by atomic mass is 10.1. The van der Waals surface area contributed by atoms with E-state index in [1.807, 2.05) is 0 Å². The zero-order chi connectivity index (χ0) is 37.6. The van der Waals surface area contributed by atoms with Gasteiger partial charge in [0.15, 0.2) is 5.17 Å². The van der Waals surface area contributed by atoms with Crippen molar-refractivity contribution in [1.82, 2.24) is 15.5 Å². The van der Waals surface area contributed by atoms with Crippen LogP contribution in [0.2, 0.25) is 0 Å². The van der Waals surface area contributed by atoms with E-state index < -0.39 is 23.4 Å². The second-order valence-corrected chi connectivity index (χ2v) is 16.9. The topological polar surface area (TPSA) is 212 Å². The first-order chi connectivity index (χ1) is 23.9. The molecule has 276 valence electrons. The van der Waals surface area contributed by atoms with Gasteiger partial charge in [0.05, 0.1) is 12.8 Å². The van der Waals surface area contributed by atoms with Gasteiger partial charge in [-0.2, -0.15) is 11.8 Å². The number of aryl methyl sites for hydroxylation is 1. The second kappa shape index (κ2) is 19.4. The summed E-state index contributed by atoms with van der Waals surface area (Å²) in [5, 5.41) is 28.3. The lowest BCUT2D eigenvalue weighted by Gasteiger charge is -2.19. The number of carbonyl (C=O) groups is 4. The molecule has 1 heterocycles. The normalized spacial score (nSPS) is 12.0. The van der Waals surface area contributed by atoms with E-state index >= 15 is 0 Å². The molecule has 17 heteroatoms. The van der Waals surface area contributed by atoms with Gasteiger partial charge in [-0.25, -0.2) is 9.59 Å². The van der Waals surface area contributed by atoms with E-state index in [4.69, 9.17) is 14.9 Å². The lowest BCUT2D eigenvalue weighted by molar-refractivity contribution is -0.385. The van der Waals surface area contributed by atoms with Crippen molar-refractivity contribution in [2.75, 3.05) is 27.5 Å². The molecule has 1 unspecified atom stereocenters. The molecule has 0 aliphatic rings. The number of anilines is 3. The van der Waals surface area contributed by atoms with Gasteiger partial charge < -0.3 is 25.8 Å². The number of nitrogens with zero attached hydrogens (tertiary/aromatic N) is 2. The van der Waals surface area contributed by atoms with E-state index in [2.05, 4.69) is 37.2 Å². The number of hydrogen-bond acceptors (Lipinski definition) is 12. The van der Waals surface area contributed by atoms with Crippen LogP contribution >= 0.6 is 34.9 Å². The van der Waals surface area contributed by atoms with Crippen LogP contribution in [0.5, 0.6) is 0 Å². The molecule has 0 fully saturated rings. The maximum absolute atomic E-state index is 12.5. The number of nitrogens with one attached hydrogen (secondary N) is 5. The zero-order valence-corrected chi connectivity index (χ0v) is 32.2. The quantitative estimate of drug-likeness (QED) is 0.0513. The molecule has 1 atom stereocenters. The van der Waals surface area contributed by atoms with Gasteiger partial charge in [-0.3, -0.25) is 25.6 Å². The van der Waals surface area contributed by atoms with Crippen molar-refractivity contribution in [3.8, 4) is 0 Å². The molecule has 0 aliphatic carbocycles. The lowest BCUT2D eigenvalue weighted by Crippen LogP contribution is -2.60. The Hall–Kier alpha value is -4.19. The van der Waals surface area contributed by atoms with Gasteiger partial charge in [0.25, 0.3) is 0 Å². The zero-order valence-electron chi connectivity index (χ0n) is 29.7. The molecule has 4 amide bonds. The fourth-order valence-corrected chi connectivity index (χ4v) is 6.87. The fraction of sp³-hybridized carbons (Fsp3) is 0.441. The smallest absolute Gasteiger partial charge is 0.412 e. The molecule has 0 aliphatic heterocycles. The molecule has 3 rings (SSSR count). The van der Waals surface area contributed by atoms with E-state index in [1.165, 1.54) is 23.1 Å². The number of benzene rings is 2. The third kappa shape index (κ3) is 17.5. The minimum absolute atomic E-state index is 0.0452. The minimum Gasteiger partial charge on any atom is -0.444 e. The van der Waals surface area contributed by atoms with Crippen molar-refractivity contribution >= 4 is 80.5 Å². The summed E-state index contributed by atoms with van der Waals surface area (Å²) in [4.78, 5) is 48.8. The maximum atomic E-state index is 12.5. The highest BCUT2D eigenvalue weighted by Gasteiger charge is 2.18. The molecule has 8 N–H and O–H groups in total. The SMILES string of the molecule is CC(C)(C)OC(=O)Nc1ccc(CC(=O)NC(=N)SC([NH3+])CCSCCc2nnc(NC(=O)Cc3ccc(NC(=O)OC(C)(C)C)cc3)s2)cc1. The van der Waals surface area contributed by atoms with Crippen molar-refractivity contribution in [3.05, 3.63) is 64.7 Å². The molecule has 0 radical (unpaired) electrons. The Morgan fingerprint density at radius 2 is 1.29 bits per heavy atom. The van der Waals surface area contributed by atoms with Crippen LogP contribution in [0.15, 0.2) is 48.5 Å². The van der Waals surface area contributed by atoms with Gasteiger partial charge in [0, 0.05) is 24.2 Å². The van der Waals surface area contributed by atoms with Crippen LogP contribution < -0.4 is 27.0 Å². The number of rotatable bonds is 14. The van der Waals surface area contributed by atoms with Crippen molar-refractivity contribution in [2.24, 2.45) is 0 Å². The fourth-order valence-electron chi connectivity index (χ4n) is 4.10. The predicted molar refractivity (Wildman–Crippen MR) is 204 cm³/mol. The van der Waals surface area contributed by atoms with Gasteiger partial charge >= 0.3 is 12.2 Å². The number of ether oxygens (including phenoxy) is 2. The number of thioether (sulfide) groups is 2. The molecule has 14 nitrogen and oxygen atoms in total. The first kappa shape index (κ1) is 41.2. The third-order valence-electron chi connectivity index (χ3n) is 6.22. The molecular formula is C34H47N8O6S3+. The highest BCUT2D eigenvalue weighted by Crippen LogP contribution is 2.20. The molecular weight excluding hydrogens is 713 g/mol. The van der Waals surface area contributed by atoms with E-state index in [9.17, 15) is 19.2 Å². The van der Waals surface area contributed by atoms with Crippen LogP contribution in [-0.2, 0) is 38.3 Å². The van der Waals surface area contributed by atoms with Crippen LogP contribution in [0.25, 0.3) is 0 Å². The summed E-state index contributed by atoms with van der Waals surface area (Å²) in [6.45, 7) is 10.7. The first-order valence-electron chi connectivity index (χ1n) is 16.2. The summed E-state index contributed by atoms with van der Waals surface area (Å²) in [5.74, 6) is 1.10. The molecule has 0 saturated carbocycles. The minimum atomic E-state index is -0.602. The number of amides is 4. The summed E-state index contributed by atoms with van der Waals surface area (Å²) in [6.07, 6.45) is 0.584. The first-order valence-corrected chi connectivity index (χ1v) is 19.0. The number of aromatic nitrogens is 2. The van der Waals surface area contributed by atoms with Crippen LogP contribution in [0, 0.1) is 5.41 Å². The Morgan fingerprint density at radius 1 is 0.784 bits per heavy atom. The van der Waals surface area contributed by atoms with Crippen LogP contribution in [-0.4, -0.2) is 67.4 Å². The van der Waals surface area contributed by atoms with Gasteiger partial charge in [-0.1, -0.05) is 35.6 Å². The standard InChI is InChI=1S/C34H46N8O6S3/c1-33(2,3)47-31(45)37-23-11-7-21(8-12-23)19-26(43)39-29(36)50-25(35)15-17-49-18-16-28-41-42-30(51-28)40-27(44)20-22-9-13-24(14-10-22)38-32(46)48-34(4,5)6/h7-14,25H,15-20,35H2,1-6H3,(H,37,45)(H,38,46)(H2,36,39,43)(H,40,42,44)/p+1. The largest absolute Gasteiger partial charge is 0.444 e. The van der Waals surface area contributed by atoms with E-state index in [0.717, 1.165) is 34.1 Å². The van der Waals surface area contributed by atoms with Gasteiger partial charge in [-0.05, 0) is 100 Å². The predicted octanol–water partition coefficient (Wildman–Crippen LogP) is 5.67. The molecule has 0 spiro atoms. The molecule has 1 aromatic heterocycles. The highest BCUT2D eigenvalue weighted by atomic mass is 32.2. The van der Waals surface area contributed by atoms with Crippen LogP contribution in [0.4, 0.5) is 26.1 Å². The van der Waals surface area contributed by atoms with Crippen molar-refractivity contribution in [3.63, 3.8) is 0 Å². The summed E-state index contributed by atoms with van der Waals surface area (Å²) >= 11 is 4.27. The Kier molecular flexibility index (Phi) is 15.7. The monoisotopic (exact) mass is 759 g/mol. The second-order valence-electron chi connectivity index (χ2n) is 13.3. The van der Waals surface area contributed by atoms with Gasteiger partial charge in [0.1, 0.15) is 21.6 Å². The number of hydrogen-bond donors (Lipinski definition) is 6. The van der Waals surface area contributed by atoms with Gasteiger partial charge in [0.2, 0.25) is 16.9 Å². The van der Waals surface area contributed by atoms with Crippen LogP contribution in [0.3, 0.4) is 0 Å². The Labute approximate surface area is 310 Å². The summed E-state index contributed by atoms with van der Waals surface area (Å²) in [7, 11) is 0. The van der Waals surface area contributed by atoms with Crippen molar-refractivity contribution < 1.29 is 34.4 Å². The highest BCUT2D eigenvalue weighted by molar-refractivity contribution is 8.14. The van der Waals surface area contributed by atoms with E-state index in [1.54, 1.807) is 102 Å². The van der Waals surface area contributed by atoms with E-state index in [-0.39, 0.29) is 35.2 Å². The van der Waals surface area contributed by atoms with E-state index in [0.29, 0.717) is 22.9 Å². The average Bonchev–Trinajstić information content (AvgIpc) is 3.43. The Morgan fingerprint density at radius 3 is 1.80 bits per heavy atom. The number of amidine groups is 1. The van der Waals surface area contributed by atoms with Crippen molar-refractivity contribution in [2.45, 2.75) is 83.8 Å².